The number of rotatable bonds is 4. The molecule has 1 unspecified atom stereocenters. The van der Waals surface area contributed by atoms with E-state index < -0.39 is 5.97 Å². The number of nitrogens with zero attached hydrogens (tertiary/aromatic N) is 1. The molecule has 4 nitrogen and oxygen atoms in total. The Labute approximate surface area is 117 Å². The average molecular weight is 270 g/mol. The number of aliphatic carboxylic acids is 1. The van der Waals surface area contributed by atoms with Crippen molar-refractivity contribution in [2.24, 2.45) is 0 Å². The molecule has 0 fully saturated rings. The van der Waals surface area contributed by atoms with E-state index in [1.165, 1.54) is 16.7 Å². The summed E-state index contributed by atoms with van der Waals surface area (Å²) in [5.74, 6) is 0.430. The summed E-state index contributed by atoms with van der Waals surface area (Å²) in [6.45, 7) is 0. The zero-order valence-electron chi connectivity index (χ0n) is 11.3. The van der Waals surface area contributed by atoms with Gasteiger partial charge in [0.1, 0.15) is 5.82 Å². The minimum Gasteiger partial charge on any atom is -0.481 e. The van der Waals surface area contributed by atoms with Crippen molar-refractivity contribution in [2.75, 3.05) is 0 Å². The van der Waals surface area contributed by atoms with Gasteiger partial charge in [0, 0.05) is 18.8 Å². The summed E-state index contributed by atoms with van der Waals surface area (Å²) < 4.78 is 0. The molecule has 1 heterocycles. The third kappa shape index (κ3) is 2.74. The number of nitrogens with one attached hydrogen (secondary N) is 1. The molecule has 1 aromatic heterocycles. The highest BCUT2D eigenvalue weighted by Crippen LogP contribution is 2.34. The quantitative estimate of drug-likeness (QED) is 0.897. The van der Waals surface area contributed by atoms with Crippen molar-refractivity contribution in [3.8, 4) is 0 Å². The molecule has 0 saturated heterocycles. The first-order chi connectivity index (χ1) is 9.72. The van der Waals surface area contributed by atoms with Crippen molar-refractivity contribution in [1.82, 2.24) is 9.97 Å². The maximum atomic E-state index is 10.9. The van der Waals surface area contributed by atoms with Gasteiger partial charge in [-0.05, 0) is 41.9 Å². The van der Waals surface area contributed by atoms with Gasteiger partial charge < -0.3 is 10.1 Å². The van der Waals surface area contributed by atoms with Crippen LogP contribution in [0.2, 0.25) is 0 Å². The first-order valence-electron chi connectivity index (χ1n) is 7.04. The Hall–Kier alpha value is -2.10. The summed E-state index contributed by atoms with van der Waals surface area (Å²) in [5, 5.41) is 9.00. The van der Waals surface area contributed by atoms with Crippen LogP contribution in [0.4, 0.5) is 0 Å². The molecule has 2 aromatic rings. The molecule has 104 valence electrons. The fraction of sp³-hybridized carbons (Fsp3) is 0.375. The minimum absolute atomic E-state index is 0.175. The van der Waals surface area contributed by atoms with E-state index in [1.54, 1.807) is 6.20 Å². The number of aromatic nitrogens is 2. The molecule has 0 amide bonds. The normalized spacial score (nSPS) is 17.7. The topological polar surface area (TPSA) is 66.0 Å². The molecule has 0 aliphatic heterocycles. The Morgan fingerprint density at radius 1 is 1.45 bits per heavy atom. The van der Waals surface area contributed by atoms with Gasteiger partial charge in [-0.1, -0.05) is 18.2 Å². The molecule has 1 atom stereocenters. The third-order valence-corrected chi connectivity index (χ3v) is 3.99. The van der Waals surface area contributed by atoms with Crippen molar-refractivity contribution in [2.45, 2.75) is 38.0 Å². The number of carbonyl (C=O) groups is 1. The Morgan fingerprint density at radius 3 is 3.10 bits per heavy atom. The lowest BCUT2D eigenvalue weighted by Crippen LogP contribution is -2.14. The number of carboxylic acid groups (broad SMARTS) is 1. The van der Waals surface area contributed by atoms with E-state index in [9.17, 15) is 4.79 Å². The highest BCUT2D eigenvalue weighted by molar-refractivity contribution is 5.68. The fourth-order valence-electron chi connectivity index (χ4n) is 3.09. The monoisotopic (exact) mass is 270 g/mol. The van der Waals surface area contributed by atoms with Crippen molar-refractivity contribution in [3.63, 3.8) is 0 Å². The first-order valence-corrected chi connectivity index (χ1v) is 7.04. The van der Waals surface area contributed by atoms with E-state index in [1.807, 2.05) is 6.20 Å². The lowest BCUT2D eigenvalue weighted by atomic mass is 9.80. The highest BCUT2D eigenvalue weighted by Gasteiger charge is 2.22. The van der Waals surface area contributed by atoms with Gasteiger partial charge in [-0.15, -0.1) is 0 Å². The molecule has 1 aliphatic rings. The third-order valence-electron chi connectivity index (χ3n) is 3.99. The van der Waals surface area contributed by atoms with Gasteiger partial charge in [-0.3, -0.25) is 4.79 Å². The van der Waals surface area contributed by atoms with Crippen molar-refractivity contribution >= 4 is 5.97 Å². The number of aromatic amines is 1. The van der Waals surface area contributed by atoms with Crippen LogP contribution >= 0.6 is 0 Å². The van der Waals surface area contributed by atoms with Crippen LogP contribution in [0, 0.1) is 0 Å². The Morgan fingerprint density at radius 2 is 2.35 bits per heavy atom. The summed E-state index contributed by atoms with van der Waals surface area (Å²) in [5.41, 5.74) is 3.77. The van der Waals surface area contributed by atoms with Crippen LogP contribution in [0.3, 0.4) is 0 Å². The molecule has 0 spiro atoms. The second-order valence-corrected chi connectivity index (χ2v) is 5.43. The van der Waals surface area contributed by atoms with Gasteiger partial charge in [0.2, 0.25) is 0 Å². The Balaban J connectivity index is 1.83. The molecule has 1 aliphatic carbocycles. The van der Waals surface area contributed by atoms with E-state index >= 15 is 0 Å². The van der Waals surface area contributed by atoms with E-state index in [0.29, 0.717) is 0 Å². The highest BCUT2D eigenvalue weighted by atomic mass is 16.4. The summed E-state index contributed by atoms with van der Waals surface area (Å²) >= 11 is 0. The molecule has 0 bridgehead atoms. The zero-order valence-corrected chi connectivity index (χ0v) is 11.3. The standard InChI is InChI=1S/C16H18N2O2/c19-16(20)10-13-3-1-2-12-8-11(4-5-14(12)13)9-15-17-6-7-18-15/h4-8,13H,1-3,9-10H2,(H,17,18)(H,19,20). The van der Waals surface area contributed by atoms with Gasteiger partial charge >= 0.3 is 5.97 Å². The van der Waals surface area contributed by atoms with Crippen LogP contribution < -0.4 is 0 Å². The molecule has 0 radical (unpaired) electrons. The van der Waals surface area contributed by atoms with E-state index in [0.717, 1.165) is 31.5 Å². The van der Waals surface area contributed by atoms with Gasteiger partial charge in [-0.25, -0.2) is 4.98 Å². The number of aryl methyl sites for hydroxylation is 1. The second kappa shape index (κ2) is 5.49. The maximum absolute atomic E-state index is 10.9. The Kier molecular flexibility index (Phi) is 3.54. The molecule has 2 N–H and O–H groups in total. The summed E-state index contributed by atoms with van der Waals surface area (Å²) in [4.78, 5) is 18.3. The number of fused-ring (bicyclic) bond motifs is 1. The average Bonchev–Trinajstić information content (AvgIpc) is 2.91. The maximum Gasteiger partial charge on any atom is 0.303 e. The molecular weight excluding hydrogens is 252 g/mol. The number of carboxylic acids is 1. The number of hydrogen-bond acceptors (Lipinski definition) is 2. The van der Waals surface area contributed by atoms with Gasteiger partial charge in [-0.2, -0.15) is 0 Å². The molecular formula is C16H18N2O2. The number of imidazole rings is 1. The smallest absolute Gasteiger partial charge is 0.303 e. The van der Waals surface area contributed by atoms with Crippen LogP contribution in [-0.4, -0.2) is 21.0 Å². The summed E-state index contributed by atoms with van der Waals surface area (Å²) in [6.07, 6.45) is 7.74. The van der Waals surface area contributed by atoms with Crippen molar-refractivity contribution in [1.29, 1.82) is 0 Å². The van der Waals surface area contributed by atoms with Crippen LogP contribution in [0.5, 0.6) is 0 Å². The summed E-state index contributed by atoms with van der Waals surface area (Å²) in [6, 6.07) is 6.42. The molecule has 3 rings (SSSR count). The van der Waals surface area contributed by atoms with Crippen molar-refractivity contribution in [3.05, 3.63) is 53.1 Å². The molecule has 20 heavy (non-hydrogen) atoms. The van der Waals surface area contributed by atoms with E-state index in [-0.39, 0.29) is 12.3 Å². The molecule has 1 aromatic carbocycles. The largest absolute Gasteiger partial charge is 0.481 e. The van der Waals surface area contributed by atoms with E-state index in [2.05, 4.69) is 28.2 Å². The molecule has 0 saturated carbocycles. The van der Waals surface area contributed by atoms with Crippen LogP contribution in [0.15, 0.2) is 30.6 Å². The van der Waals surface area contributed by atoms with Crippen LogP contribution in [-0.2, 0) is 17.6 Å². The molecule has 4 heteroatoms. The number of benzene rings is 1. The number of H-pyrrole nitrogens is 1. The summed E-state index contributed by atoms with van der Waals surface area (Å²) in [7, 11) is 0. The lowest BCUT2D eigenvalue weighted by molar-refractivity contribution is -0.137. The Bertz CT molecular complexity index is 605. The fourth-order valence-corrected chi connectivity index (χ4v) is 3.09. The SMILES string of the molecule is O=C(O)CC1CCCc2cc(Cc3ncc[nH]3)ccc21. The van der Waals surface area contributed by atoms with Gasteiger partial charge in [0.05, 0.1) is 6.42 Å². The second-order valence-electron chi connectivity index (χ2n) is 5.43. The first kappa shape index (κ1) is 12.9. The van der Waals surface area contributed by atoms with Crippen molar-refractivity contribution < 1.29 is 9.90 Å². The van der Waals surface area contributed by atoms with Gasteiger partial charge in [0.15, 0.2) is 0 Å². The predicted octanol–water partition coefficient (Wildman–Crippen LogP) is 2.90. The van der Waals surface area contributed by atoms with Crippen LogP contribution in [0.1, 0.15) is 47.7 Å². The van der Waals surface area contributed by atoms with E-state index in [4.69, 9.17) is 5.11 Å². The zero-order chi connectivity index (χ0) is 13.9. The minimum atomic E-state index is -0.706. The number of hydrogen-bond donors (Lipinski definition) is 2. The van der Waals surface area contributed by atoms with Crippen LogP contribution in [0.25, 0.3) is 0 Å². The lowest BCUT2D eigenvalue weighted by Gasteiger charge is -2.24. The predicted molar refractivity (Wildman–Crippen MR) is 75.8 cm³/mol. The van der Waals surface area contributed by atoms with Gasteiger partial charge in [0.25, 0.3) is 0 Å².